The normalized spacial score (nSPS) is 10.8. The Morgan fingerprint density at radius 1 is 1.32 bits per heavy atom. The first-order chi connectivity index (χ1) is 10.4. The van der Waals surface area contributed by atoms with Gasteiger partial charge in [0.25, 0.3) is 12.3 Å². The molecule has 0 saturated heterocycles. The molecule has 2 amide bonds. The van der Waals surface area contributed by atoms with Gasteiger partial charge in [0.2, 0.25) is 5.91 Å². The molecule has 0 unspecified atom stereocenters. The van der Waals surface area contributed by atoms with Gasteiger partial charge in [-0.25, -0.2) is 8.78 Å². The largest absolute Gasteiger partial charge is 0.342 e. The van der Waals surface area contributed by atoms with Gasteiger partial charge in [-0.05, 0) is 6.07 Å². The number of hydrogen-bond acceptors (Lipinski definition) is 4. The molecule has 2 heterocycles. The van der Waals surface area contributed by atoms with Gasteiger partial charge in [-0.1, -0.05) is 0 Å². The van der Waals surface area contributed by atoms with Crippen LogP contribution in [0.1, 0.15) is 22.6 Å². The first kappa shape index (κ1) is 15.6. The van der Waals surface area contributed by atoms with Crippen LogP contribution in [0, 0.1) is 0 Å². The number of alkyl halides is 2. The quantitative estimate of drug-likeness (QED) is 0.838. The molecule has 2 N–H and O–H groups in total. The molecule has 0 aromatic carbocycles. The number of amides is 2. The fourth-order valence-corrected chi connectivity index (χ4v) is 1.72. The Morgan fingerprint density at radius 2 is 2.05 bits per heavy atom. The van der Waals surface area contributed by atoms with Gasteiger partial charge < -0.3 is 10.6 Å². The van der Waals surface area contributed by atoms with Crippen LogP contribution in [0.5, 0.6) is 0 Å². The molecule has 2 rings (SSSR count). The van der Waals surface area contributed by atoms with Crippen molar-refractivity contribution in [3.8, 4) is 0 Å². The summed E-state index contributed by atoms with van der Waals surface area (Å²) in [5.41, 5.74) is -0.550. The Balaban J connectivity index is 1.89. The van der Waals surface area contributed by atoms with E-state index in [1.165, 1.54) is 11.7 Å². The summed E-state index contributed by atoms with van der Waals surface area (Å²) in [5.74, 6) is -0.852. The summed E-state index contributed by atoms with van der Waals surface area (Å²) in [5, 5.41) is 12.4. The molecule has 0 spiro atoms. The molecule has 2 aromatic rings. The van der Waals surface area contributed by atoms with Crippen LogP contribution in [0.25, 0.3) is 0 Å². The van der Waals surface area contributed by atoms with Crippen molar-refractivity contribution in [1.82, 2.24) is 24.9 Å². The van der Waals surface area contributed by atoms with Crippen LogP contribution in [0.4, 0.5) is 14.6 Å². The Kier molecular flexibility index (Phi) is 4.49. The second kappa shape index (κ2) is 6.33. The van der Waals surface area contributed by atoms with E-state index in [4.69, 9.17) is 0 Å². The lowest BCUT2D eigenvalue weighted by Gasteiger charge is -2.03. The first-order valence-electron chi connectivity index (χ1n) is 6.26. The minimum Gasteiger partial charge on any atom is -0.342 e. The third kappa shape index (κ3) is 3.65. The number of carbonyl (C=O) groups excluding carboxylic acids is 2. The molecule has 2 aromatic heterocycles. The highest BCUT2D eigenvalue weighted by atomic mass is 19.3. The van der Waals surface area contributed by atoms with Crippen molar-refractivity contribution >= 4 is 17.6 Å². The molecule has 0 aliphatic heterocycles. The molecule has 0 atom stereocenters. The van der Waals surface area contributed by atoms with Gasteiger partial charge in [0, 0.05) is 26.4 Å². The van der Waals surface area contributed by atoms with Gasteiger partial charge in [-0.15, -0.1) is 0 Å². The summed E-state index contributed by atoms with van der Waals surface area (Å²) in [6, 6.07) is 2.57. The minimum absolute atomic E-state index is 0.177. The predicted molar refractivity (Wildman–Crippen MR) is 72.3 cm³/mol. The van der Waals surface area contributed by atoms with Crippen molar-refractivity contribution in [2.75, 3.05) is 11.9 Å². The van der Waals surface area contributed by atoms with E-state index in [0.29, 0.717) is 5.82 Å². The summed E-state index contributed by atoms with van der Waals surface area (Å²) in [6.07, 6.45) is -1.08. The third-order valence-corrected chi connectivity index (χ3v) is 2.76. The van der Waals surface area contributed by atoms with Gasteiger partial charge in [0.05, 0.1) is 6.54 Å². The molecule has 0 aliphatic rings. The highest BCUT2D eigenvalue weighted by molar-refractivity contribution is 5.98. The molecular weight excluding hydrogens is 298 g/mol. The zero-order valence-corrected chi connectivity index (χ0v) is 11.9. The number of halogens is 2. The average molecular weight is 312 g/mol. The van der Waals surface area contributed by atoms with Gasteiger partial charge in [-0.3, -0.25) is 19.0 Å². The number of nitrogens with zero attached hydrogens (tertiary/aromatic N) is 4. The monoisotopic (exact) mass is 312 g/mol. The van der Waals surface area contributed by atoms with Gasteiger partial charge >= 0.3 is 0 Å². The fraction of sp³-hybridized carbons (Fsp3) is 0.333. The number of carbonyl (C=O) groups is 2. The first-order valence-corrected chi connectivity index (χ1v) is 6.26. The number of nitrogens with one attached hydrogen (secondary N) is 2. The summed E-state index contributed by atoms with van der Waals surface area (Å²) < 4.78 is 27.6. The lowest BCUT2D eigenvalue weighted by molar-refractivity contribution is -0.115. The van der Waals surface area contributed by atoms with E-state index in [2.05, 4.69) is 20.8 Å². The van der Waals surface area contributed by atoms with Crippen molar-refractivity contribution in [3.63, 3.8) is 0 Å². The second-order valence-electron chi connectivity index (χ2n) is 4.48. The Hall–Kier alpha value is -2.78. The third-order valence-electron chi connectivity index (χ3n) is 2.76. The molecule has 0 aliphatic carbocycles. The summed E-state index contributed by atoms with van der Waals surface area (Å²) in [4.78, 5) is 23.4. The van der Waals surface area contributed by atoms with E-state index >= 15 is 0 Å². The molecule has 0 saturated carbocycles. The number of rotatable bonds is 5. The van der Waals surface area contributed by atoms with Gasteiger partial charge in [-0.2, -0.15) is 10.2 Å². The molecule has 10 heteroatoms. The zero-order valence-electron chi connectivity index (χ0n) is 11.9. The van der Waals surface area contributed by atoms with E-state index in [1.54, 1.807) is 19.3 Å². The number of aryl methyl sites for hydroxylation is 2. The maximum absolute atomic E-state index is 12.6. The van der Waals surface area contributed by atoms with E-state index < -0.39 is 18.2 Å². The number of aromatic nitrogens is 4. The average Bonchev–Trinajstić information content (AvgIpc) is 3.02. The summed E-state index contributed by atoms with van der Waals surface area (Å²) >= 11 is 0. The standard InChI is InChI=1S/C12H14F2N6O2/c1-19-4-3-9(18-19)16-10(21)6-15-12(22)7-5-8(11(13)14)20(2)17-7/h3-5,11H,6H2,1-2H3,(H,15,22)(H,16,18,21). The van der Waals surface area contributed by atoms with Crippen molar-refractivity contribution < 1.29 is 18.4 Å². The van der Waals surface area contributed by atoms with Crippen LogP contribution < -0.4 is 10.6 Å². The van der Waals surface area contributed by atoms with Crippen LogP contribution in [0.2, 0.25) is 0 Å². The van der Waals surface area contributed by atoms with Gasteiger partial charge in [0.1, 0.15) is 5.69 Å². The molecule has 22 heavy (non-hydrogen) atoms. The van der Waals surface area contributed by atoms with Crippen molar-refractivity contribution in [2.45, 2.75) is 6.43 Å². The van der Waals surface area contributed by atoms with E-state index in [1.807, 2.05) is 0 Å². The second-order valence-corrected chi connectivity index (χ2v) is 4.48. The molecule has 0 bridgehead atoms. The summed E-state index contributed by atoms with van der Waals surface area (Å²) in [6.45, 7) is -0.323. The number of hydrogen-bond donors (Lipinski definition) is 2. The van der Waals surface area contributed by atoms with E-state index in [0.717, 1.165) is 10.7 Å². The Morgan fingerprint density at radius 3 is 2.59 bits per heavy atom. The van der Waals surface area contributed by atoms with Crippen molar-refractivity contribution in [1.29, 1.82) is 0 Å². The maximum atomic E-state index is 12.6. The topological polar surface area (TPSA) is 93.8 Å². The van der Waals surface area contributed by atoms with Crippen LogP contribution >= 0.6 is 0 Å². The number of anilines is 1. The minimum atomic E-state index is -2.73. The van der Waals surface area contributed by atoms with Crippen LogP contribution in [0.15, 0.2) is 18.3 Å². The van der Waals surface area contributed by atoms with Crippen LogP contribution in [0.3, 0.4) is 0 Å². The van der Waals surface area contributed by atoms with E-state index in [9.17, 15) is 18.4 Å². The summed E-state index contributed by atoms with van der Waals surface area (Å²) in [7, 11) is 3.01. The fourth-order valence-electron chi connectivity index (χ4n) is 1.72. The SMILES string of the molecule is Cn1ccc(NC(=O)CNC(=O)c2cc(C(F)F)n(C)n2)n1. The molecular formula is C12H14F2N6O2. The molecule has 8 nitrogen and oxygen atoms in total. The van der Waals surface area contributed by atoms with E-state index in [-0.39, 0.29) is 17.9 Å². The zero-order chi connectivity index (χ0) is 16.3. The van der Waals surface area contributed by atoms with Crippen molar-refractivity contribution in [3.05, 3.63) is 29.7 Å². The predicted octanol–water partition coefficient (Wildman–Crippen LogP) is 0.460. The molecule has 0 fully saturated rings. The van der Waals surface area contributed by atoms with Crippen LogP contribution in [-0.4, -0.2) is 37.9 Å². The highest BCUT2D eigenvalue weighted by Gasteiger charge is 2.18. The van der Waals surface area contributed by atoms with Gasteiger partial charge in [0.15, 0.2) is 11.5 Å². The Labute approximate surface area is 124 Å². The lowest BCUT2D eigenvalue weighted by Crippen LogP contribution is -2.33. The molecule has 0 radical (unpaired) electrons. The maximum Gasteiger partial charge on any atom is 0.280 e. The highest BCUT2D eigenvalue weighted by Crippen LogP contribution is 2.18. The van der Waals surface area contributed by atoms with Crippen LogP contribution in [-0.2, 0) is 18.9 Å². The van der Waals surface area contributed by atoms with Crippen molar-refractivity contribution in [2.24, 2.45) is 14.1 Å². The molecule has 118 valence electrons. The lowest BCUT2D eigenvalue weighted by atomic mass is 10.3. The smallest absolute Gasteiger partial charge is 0.280 e. The Bertz CT molecular complexity index is 694.